The second-order valence-electron chi connectivity index (χ2n) is 4.91. The summed E-state index contributed by atoms with van der Waals surface area (Å²) in [5.74, 6) is 0.0500. The predicted octanol–water partition coefficient (Wildman–Crippen LogP) is 2.26. The van der Waals surface area contributed by atoms with Crippen molar-refractivity contribution < 1.29 is 13.3 Å². The minimum atomic E-state index is -3.23. The molecule has 0 bridgehead atoms. The van der Waals surface area contributed by atoms with E-state index in [-0.39, 0.29) is 11.6 Å². The molecule has 1 aromatic rings. The van der Waals surface area contributed by atoms with Crippen LogP contribution in [0.4, 0.5) is 5.69 Å². The highest BCUT2D eigenvalue weighted by molar-refractivity contribution is 7.91. The number of sulfone groups is 1. The zero-order valence-electron chi connectivity index (χ0n) is 10.3. The third-order valence-electron chi connectivity index (χ3n) is 3.97. The van der Waals surface area contributed by atoms with Crippen LogP contribution >= 0.6 is 0 Å². The fraction of sp³-hybridized carbons (Fsp3) is 0.500. The quantitative estimate of drug-likeness (QED) is 0.623. The summed E-state index contributed by atoms with van der Waals surface area (Å²) in [5.41, 5.74) is 0.642. The van der Waals surface area contributed by atoms with Crippen LogP contribution in [0.25, 0.3) is 0 Å². The molecule has 2 atom stereocenters. The van der Waals surface area contributed by atoms with Crippen molar-refractivity contribution in [3.63, 3.8) is 0 Å². The highest BCUT2D eigenvalue weighted by Gasteiger charge is 2.53. The van der Waals surface area contributed by atoms with Crippen LogP contribution in [0.2, 0.25) is 0 Å². The van der Waals surface area contributed by atoms with E-state index < -0.39 is 19.5 Å². The molecule has 1 aliphatic carbocycles. The molecule has 0 amide bonds. The van der Waals surface area contributed by atoms with Crippen molar-refractivity contribution in [3.05, 3.63) is 39.9 Å². The zero-order chi connectivity index (χ0) is 13.6. The van der Waals surface area contributed by atoms with Gasteiger partial charge in [0.15, 0.2) is 9.84 Å². The van der Waals surface area contributed by atoms with Crippen LogP contribution in [0.3, 0.4) is 0 Å². The molecular formula is C12H15NO4S. The number of benzene rings is 1. The van der Waals surface area contributed by atoms with E-state index in [0.29, 0.717) is 12.0 Å². The van der Waals surface area contributed by atoms with E-state index in [9.17, 15) is 18.5 Å². The van der Waals surface area contributed by atoms with Gasteiger partial charge in [-0.05, 0) is 24.3 Å². The third-order valence-corrected chi connectivity index (χ3v) is 6.14. The maximum Gasteiger partial charge on any atom is 0.269 e. The summed E-state index contributed by atoms with van der Waals surface area (Å²) in [4.78, 5) is 10.1. The van der Waals surface area contributed by atoms with Crippen LogP contribution in [0.5, 0.6) is 0 Å². The number of hydrogen-bond acceptors (Lipinski definition) is 4. The number of hydrogen-bond donors (Lipinski definition) is 0. The Balaban J connectivity index is 2.49. The van der Waals surface area contributed by atoms with Gasteiger partial charge in [-0.15, -0.1) is 0 Å². The molecule has 1 aliphatic rings. The minimum Gasteiger partial charge on any atom is -0.258 e. The Bertz CT molecular complexity index is 579. The van der Waals surface area contributed by atoms with Gasteiger partial charge in [-0.1, -0.05) is 19.1 Å². The second-order valence-corrected chi connectivity index (χ2v) is 7.18. The van der Waals surface area contributed by atoms with Gasteiger partial charge in [0.05, 0.1) is 9.67 Å². The molecule has 0 aromatic heterocycles. The van der Waals surface area contributed by atoms with Crippen molar-refractivity contribution in [1.82, 2.24) is 0 Å². The highest BCUT2D eigenvalue weighted by atomic mass is 32.2. The molecule has 0 aliphatic heterocycles. The topological polar surface area (TPSA) is 77.3 Å². The molecule has 2 rings (SSSR count). The van der Waals surface area contributed by atoms with Gasteiger partial charge in [0.25, 0.3) is 5.69 Å². The molecule has 0 saturated heterocycles. The largest absolute Gasteiger partial charge is 0.269 e. The number of nitro groups is 1. The maximum absolute atomic E-state index is 12.0. The zero-order valence-corrected chi connectivity index (χ0v) is 11.1. The molecule has 0 spiro atoms. The third kappa shape index (κ3) is 1.71. The Kier molecular flexibility index (Phi) is 2.93. The van der Waals surface area contributed by atoms with Crippen LogP contribution < -0.4 is 0 Å². The van der Waals surface area contributed by atoms with Crippen LogP contribution in [0.1, 0.15) is 25.3 Å². The number of nitrogens with zero attached hydrogens (tertiary/aromatic N) is 1. The fourth-order valence-electron chi connectivity index (χ4n) is 2.75. The lowest BCUT2D eigenvalue weighted by Gasteiger charge is -2.46. The molecular weight excluding hydrogens is 254 g/mol. The van der Waals surface area contributed by atoms with E-state index in [0.717, 1.165) is 6.42 Å². The van der Waals surface area contributed by atoms with Crippen molar-refractivity contribution in [2.75, 3.05) is 6.26 Å². The van der Waals surface area contributed by atoms with Gasteiger partial charge < -0.3 is 0 Å². The predicted molar refractivity (Wildman–Crippen MR) is 68.0 cm³/mol. The lowest BCUT2D eigenvalue weighted by atomic mass is 9.70. The van der Waals surface area contributed by atoms with Crippen molar-refractivity contribution >= 4 is 15.5 Å². The average Bonchev–Trinajstić information content (AvgIpc) is 2.26. The van der Waals surface area contributed by atoms with Crippen molar-refractivity contribution in [2.45, 2.75) is 24.5 Å². The normalized spacial score (nSPS) is 27.6. The van der Waals surface area contributed by atoms with Crippen LogP contribution in [-0.2, 0) is 14.6 Å². The van der Waals surface area contributed by atoms with Crippen LogP contribution in [0.15, 0.2) is 24.3 Å². The number of rotatable bonds is 3. The van der Waals surface area contributed by atoms with Crippen molar-refractivity contribution in [1.29, 1.82) is 0 Å². The summed E-state index contributed by atoms with van der Waals surface area (Å²) >= 11 is 0. The summed E-state index contributed by atoms with van der Waals surface area (Å²) in [6.07, 6.45) is 2.69. The second kappa shape index (κ2) is 4.05. The van der Waals surface area contributed by atoms with Gasteiger partial charge >= 0.3 is 0 Å². The minimum absolute atomic E-state index is 0.0191. The fourth-order valence-corrected chi connectivity index (χ4v) is 4.66. The molecule has 0 heterocycles. The molecule has 5 nitrogen and oxygen atoms in total. The van der Waals surface area contributed by atoms with E-state index in [2.05, 4.69) is 0 Å². The molecule has 0 radical (unpaired) electrons. The molecule has 6 heteroatoms. The average molecular weight is 269 g/mol. The monoisotopic (exact) mass is 269 g/mol. The number of nitro benzene ring substituents is 1. The molecule has 2 unspecified atom stereocenters. The van der Waals surface area contributed by atoms with E-state index >= 15 is 0 Å². The van der Waals surface area contributed by atoms with E-state index in [1.165, 1.54) is 18.4 Å². The van der Waals surface area contributed by atoms with Crippen LogP contribution in [0, 0.1) is 16.0 Å². The van der Waals surface area contributed by atoms with Gasteiger partial charge in [0.2, 0.25) is 0 Å². The lowest BCUT2D eigenvalue weighted by molar-refractivity contribution is -0.384. The molecule has 1 aromatic carbocycles. The maximum atomic E-state index is 12.0. The number of non-ortho nitro benzene ring substituents is 1. The highest BCUT2D eigenvalue weighted by Crippen LogP contribution is 2.52. The first-order chi connectivity index (χ1) is 8.29. The molecule has 1 saturated carbocycles. The molecule has 0 N–H and O–H groups in total. The Hall–Kier alpha value is -1.43. The first-order valence-corrected chi connectivity index (χ1v) is 7.63. The summed E-state index contributed by atoms with van der Waals surface area (Å²) in [6.45, 7) is 1.91. The molecule has 98 valence electrons. The van der Waals surface area contributed by atoms with Crippen molar-refractivity contribution in [2.24, 2.45) is 5.92 Å². The smallest absolute Gasteiger partial charge is 0.258 e. The summed E-state index contributed by atoms with van der Waals surface area (Å²) in [7, 11) is -3.23. The van der Waals surface area contributed by atoms with E-state index in [4.69, 9.17) is 0 Å². The van der Waals surface area contributed by atoms with Gasteiger partial charge in [-0.25, -0.2) is 8.42 Å². The van der Waals surface area contributed by atoms with Gasteiger partial charge in [-0.3, -0.25) is 10.1 Å². The summed E-state index contributed by atoms with van der Waals surface area (Å²) in [5, 5.41) is 10.6. The van der Waals surface area contributed by atoms with Gasteiger partial charge in [0.1, 0.15) is 0 Å². The molecule has 18 heavy (non-hydrogen) atoms. The van der Waals surface area contributed by atoms with Crippen molar-refractivity contribution in [3.8, 4) is 0 Å². The Morgan fingerprint density at radius 2 is 1.89 bits per heavy atom. The Morgan fingerprint density at radius 1 is 1.33 bits per heavy atom. The SMILES string of the molecule is CC1CCC1(c1ccc([N+](=O)[O-])cc1)S(C)(=O)=O. The van der Waals surface area contributed by atoms with Gasteiger partial charge in [0, 0.05) is 18.4 Å². The summed E-state index contributed by atoms with van der Waals surface area (Å²) < 4.78 is 23.2. The first-order valence-electron chi connectivity index (χ1n) is 5.73. The molecule has 1 fully saturated rings. The standard InChI is InChI=1S/C12H15NO4S/c1-9-7-8-12(9,18(2,16)17)10-3-5-11(6-4-10)13(14)15/h3-6,9H,7-8H2,1-2H3. The Morgan fingerprint density at radius 3 is 2.17 bits per heavy atom. The lowest BCUT2D eigenvalue weighted by Crippen LogP contribution is -2.48. The van der Waals surface area contributed by atoms with E-state index in [1.807, 2.05) is 6.92 Å². The Labute approximate surface area is 106 Å². The van der Waals surface area contributed by atoms with E-state index in [1.54, 1.807) is 12.1 Å². The summed E-state index contributed by atoms with van der Waals surface area (Å²) in [6, 6.07) is 5.87. The van der Waals surface area contributed by atoms with Gasteiger partial charge in [-0.2, -0.15) is 0 Å². The first kappa shape index (κ1) is 13.0. The van der Waals surface area contributed by atoms with Crippen LogP contribution in [-0.4, -0.2) is 19.6 Å².